The number of carbonyl (C=O) groups is 4. The van der Waals surface area contributed by atoms with Gasteiger partial charge in [-0.15, -0.1) is 0 Å². The standard InChI is InChI=1S/C24H34N6O8/c1-23(2,3)37-21(34)30(22(35)38-24(4,5)6)36-15-19(31)29-11-9-28(10-12-29)17-7-8-18(26-27-25)16(13-17)14-20(32)33/h7-8,13H,9-12,14-15H2,1-6H3,(H,32,33). The van der Waals surface area contributed by atoms with Gasteiger partial charge in [-0.05, 0) is 64.8 Å². The fourth-order valence-electron chi connectivity index (χ4n) is 3.43. The fourth-order valence-corrected chi connectivity index (χ4v) is 3.43. The van der Waals surface area contributed by atoms with Crippen LogP contribution in [0.25, 0.3) is 10.4 Å². The van der Waals surface area contributed by atoms with Crippen molar-refractivity contribution in [3.63, 3.8) is 0 Å². The first-order valence-corrected chi connectivity index (χ1v) is 11.9. The minimum Gasteiger partial charge on any atom is -0.481 e. The number of imide groups is 1. The minimum atomic E-state index is -1.11. The second kappa shape index (κ2) is 12.5. The number of hydrogen-bond donors (Lipinski definition) is 1. The Kier molecular flexibility index (Phi) is 9.91. The number of ether oxygens (including phenoxy) is 2. The molecule has 14 nitrogen and oxygen atoms in total. The third-order valence-corrected chi connectivity index (χ3v) is 4.99. The van der Waals surface area contributed by atoms with Gasteiger partial charge in [-0.1, -0.05) is 16.2 Å². The van der Waals surface area contributed by atoms with Crippen LogP contribution in [0, 0.1) is 0 Å². The van der Waals surface area contributed by atoms with Crippen LogP contribution in [-0.4, -0.2) is 83.1 Å². The molecular weight excluding hydrogens is 500 g/mol. The van der Waals surface area contributed by atoms with Crippen molar-refractivity contribution >= 4 is 35.4 Å². The van der Waals surface area contributed by atoms with Gasteiger partial charge in [0, 0.05) is 42.5 Å². The molecule has 0 spiro atoms. The molecule has 0 aliphatic carbocycles. The Morgan fingerprint density at radius 2 is 1.55 bits per heavy atom. The van der Waals surface area contributed by atoms with E-state index in [1.807, 2.05) is 4.90 Å². The van der Waals surface area contributed by atoms with Crippen molar-refractivity contribution in [2.75, 3.05) is 37.7 Å². The molecule has 0 radical (unpaired) electrons. The van der Waals surface area contributed by atoms with E-state index in [0.717, 1.165) is 5.69 Å². The molecule has 1 aliphatic rings. The predicted molar refractivity (Wildman–Crippen MR) is 136 cm³/mol. The molecule has 1 saturated heterocycles. The Labute approximate surface area is 220 Å². The lowest BCUT2D eigenvalue weighted by molar-refractivity contribution is -0.162. The van der Waals surface area contributed by atoms with Crippen LogP contribution in [0.5, 0.6) is 0 Å². The normalized spacial score (nSPS) is 13.8. The number of hydroxylamine groups is 2. The summed E-state index contributed by atoms with van der Waals surface area (Å²) in [5.41, 5.74) is 8.23. The maximum Gasteiger partial charge on any atom is 0.444 e. The number of piperazine rings is 1. The smallest absolute Gasteiger partial charge is 0.444 e. The number of carbonyl (C=O) groups excluding carboxylic acids is 3. The van der Waals surface area contributed by atoms with Crippen molar-refractivity contribution in [3.8, 4) is 0 Å². The summed E-state index contributed by atoms with van der Waals surface area (Å²) < 4.78 is 10.4. The fraction of sp³-hybridized carbons (Fsp3) is 0.583. The third kappa shape index (κ3) is 9.45. The van der Waals surface area contributed by atoms with Crippen LogP contribution in [0.1, 0.15) is 47.1 Å². The number of benzene rings is 1. The number of azide groups is 1. The number of rotatable bonds is 7. The quantitative estimate of drug-likeness (QED) is 0.234. The molecule has 208 valence electrons. The van der Waals surface area contributed by atoms with Gasteiger partial charge in [0.2, 0.25) is 0 Å². The van der Waals surface area contributed by atoms with Crippen LogP contribution >= 0.6 is 0 Å². The third-order valence-electron chi connectivity index (χ3n) is 4.99. The number of anilines is 1. The molecular formula is C24H34N6O8. The van der Waals surface area contributed by atoms with Crippen molar-refractivity contribution in [1.29, 1.82) is 0 Å². The number of amides is 3. The summed E-state index contributed by atoms with van der Waals surface area (Å²) in [4.78, 5) is 60.5. The Bertz CT molecular complexity index is 1070. The van der Waals surface area contributed by atoms with Gasteiger partial charge in [-0.3, -0.25) is 9.59 Å². The summed E-state index contributed by atoms with van der Waals surface area (Å²) in [6, 6.07) is 4.92. The Balaban J connectivity index is 2.03. The van der Waals surface area contributed by atoms with Gasteiger partial charge in [-0.2, -0.15) is 0 Å². The van der Waals surface area contributed by atoms with E-state index in [-0.39, 0.29) is 12.1 Å². The zero-order chi connectivity index (χ0) is 28.7. The van der Waals surface area contributed by atoms with Crippen molar-refractivity contribution < 1.29 is 38.6 Å². The number of nitrogens with zero attached hydrogens (tertiary/aromatic N) is 6. The second-order valence-electron chi connectivity index (χ2n) is 10.5. The first-order valence-electron chi connectivity index (χ1n) is 11.9. The van der Waals surface area contributed by atoms with Gasteiger partial charge in [0.05, 0.1) is 6.42 Å². The molecule has 1 aromatic rings. The largest absolute Gasteiger partial charge is 0.481 e. The second-order valence-corrected chi connectivity index (χ2v) is 10.5. The molecule has 1 aromatic carbocycles. The number of carboxylic acid groups (broad SMARTS) is 1. The Morgan fingerprint density at radius 1 is 1.00 bits per heavy atom. The van der Waals surface area contributed by atoms with Gasteiger partial charge in [0.15, 0.2) is 6.61 Å². The van der Waals surface area contributed by atoms with E-state index >= 15 is 0 Å². The summed E-state index contributed by atoms with van der Waals surface area (Å²) >= 11 is 0. The van der Waals surface area contributed by atoms with Crippen LogP contribution in [-0.2, 0) is 30.3 Å². The monoisotopic (exact) mass is 534 g/mol. The number of hydrogen-bond acceptors (Lipinski definition) is 9. The maximum absolute atomic E-state index is 12.8. The lowest BCUT2D eigenvalue weighted by Gasteiger charge is -2.36. The highest BCUT2D eigenvalue weighted by molar-refractivity contribution is 5.87. The van der Waals surface area contributed by atoms with Crippen molar-refractivity contribution in [3.05, 3.63) is 34.2 Å². The van der Waals surface area contributed by atoms with E-state index in [0.29, 0.717) is 36.8 Å². The molecule has 0 atom stereocenters. The summed E-state index contributed by atoms with van der Waals surface area (Å²) in [6.45, 7) is 10.6. The summed E-state index contributed by atoms with van der Waals surface area (Å²) in [5, 5.41) is 13.0. The van der Waals surface area contributed by atoms with E-state index in [4.69, 9.17) is 24.9 Å². The predicted octanol–water partition coefficient (Wildman–Crippen LogP) is 4.01. The average Bonchev–Trinajstić information content (AvgIpc) is 2.77. The molecule has 0 aromatic heterocycles. The van der Waals surface area contributed by atoms with Crippen LogP contribution < -0.4 is 4.90 Å². The molecule has 0 bridgehead atoms. The van der Waals surface area contributed by atoms with Gasteiger partial charge in [0.25, 0.3) is 5.91 Å². The lowest BCUT2D eigenvalue weighted by atomic mass is 10.1. The molecule has 14 heteroatoms. The van der Waals surface area contributed by atoms with Crippen LogP contribution in [0.2, 0.25) is 0 Å². The highest BCUT2D eigenvalue weighted by Gasteiger charge is 2.34. The average molecular weight is 535 g/mol. The lowest BCUT2D eigenvalue weighted by Crippen LogP contribution is -2.51. The highest BCUT2D eigenvalue weighted by atomic mass is 16.8. The van der Waals surface area contributed by atoms with Gasteiger partial charge >= 0.3 is 18.2 Å². The topological polar surface area (TPSA) is 175 Å². The first kappa shape index (κ1) is 30.2. The van der Waals surface area contributed by atoms with Crippen LogP contribution in [0.4, 0.5) is 21.0 Å². The first-order chi connectivity index (χ1) is 17.6. The molecule has 1 N–H and O–H groups in total. The van der Waals surface area contributed by atoms with Crippen molar-refractivity contribution in [1.82, 2.24) is 9.96 Å². The van der Waals surface area contributed by atoms with Crippen LogP contribution in [0.3, 0.4) is 0 Å². The van der Waals surface area contributed by atoms with E-state index in [1.165, 1.54) is 4.90 Å². The maximum atomic E-state index is 12.8. The van der Waals surface area contributed by atoms with Crippen LogP contribution in [0.15, 0.2) is 23.3 Å². The SMILES string of the molecule is CC(C)(C)OC(=O)N(OCC(=O)N1CCN(c2ccc(N=[N+]=[N-])c(CC(=O)O)c2)CC1)C(=O)OC(C)(C)C. The number of aliphatic carboxylic acids is 1. The highest BCUT2D eigenvalue weighted by Crippen LogP contribution is 2.27. The molecule has 38 heavy (non-hydrogen) atoms. The Hall–Kier alpha value is -4.03. The van der Waals surface area contributed by atoms with E-state index in [1.54, 1.807) is 59.7 Å². The molecule has 1 fully saturated rings. The zero-order valence-corrected chi connectivity index (χ0v) is 22.5. The molecule has 1 heterocycles. The van der Waals surface area contributed by atoms with Gasteiger partial charge < -0.3 is 24.4 Å². The molecule has 2 rings (SSSR count). The molecule has 0 unspecified atom stereocenters. The van der Waals surface area contributed by atoms with E-state index < -0.39 is 41.9 Å². The van der Waals surface area contributed by atoms with Gasteiger partial charge in [0.1, 0.15) is 11.2 Å². The van der Waals surface area contributed by atoms with Crippen molar-refractivity contribution in [2.24, 2.45) is 5.11 Å². The molecule has 0 saturated carbocycles. The van der Waals surface area contributed by atoms with Gasteiger partial charge in [-0.25, -0.2) is 14.4 Å². The summed E-state index contributed by atoms with van der Waals surface area (Å²) in [7, 11) is 0. The van der Waals surface area contributed by atoms with Crippen molar-refractivity contribution in [2.45, 2.75) is 59.2 Å². The summed E-state index contributed by atoms with van der Waals surface area (Å²) in [5.74, 6) is -1.51. The summed E-state index contributed by atoms with van der Waals surface area (Å²) in [6.07, 6.45) is -2.51. The zero-order valence-electron chi connectivity index (χ0n) is 22.5. The van der Waals surface area contributed by atoms with E-state index in [9.17, 15) is 19.2 Å². The molecule has 1 aliphatic heterocycles. The molecule has 3 amide bonds. The minimum absolute atomic E-state index is 0.240. The Morgan fingerprint density at radius 3 is 2.03 bits per heavy atom. The number of carboxylic acids is 1. The van der Waals surface area contributed by atoms with E-state index in [2.05, 4.69) is 10.0 Å².